The van der Waals surface area contributed by atoms with Gasteiger partial charge in [-0.3, -0.25) is 4.79 Å². The van der Waals surface area contributed by atoms with E-state index in [1.165, 1.54) is 0 Å². The van der Waals surface area contributed by atoms with Crippen LogP contribution in [0.25, 0.3) is 11.4 Å². The maximum absolute atomic E-state index is 13.3. The lowest BCUT2D eigenvalue weighted by molar-refractivity contribution is -0.0361. The summed E-state index contributed by atoms with van der Waals surface area (Å²) in [5.74, 6) is -1.72. The molecule has 0 spiro atoms. The number of carbonyl (C=O) groups excluding carboxylic acids is 1. The standard InChI is InChI=1S/C22H22ClF2N5O/c23-20-14(5-6-16(29-20)28-13-7-9-22(24,25)10-8-13)19(31)18-17-15(27-12-3-4-12)2-1-11-26-21(17)30-18/h1-2,5-6,11-13,27H,3-4,7-10H2,(H,26,30)(H,28,29). The van der Waals surface area contributed by atoms with Crippen molar-refractivity contribution < 1.29 is 13.6 Å². The van der Waals surface area contributed by atoms with Crippen LogP contribution < -0.4 is 10.6 Å². The van der Waals surface area contributed by atoms with E-state index in [1.807, 2.05) is 12.1 Å². The van der Waals surface area contributed by atoms with Crippen LogP contribution in [-0.4, -0.2) is 38.7 Å². The number of rotatable bonds is 6. The van der Waals surface area contributed by atoms with Crippen LogP contribution in [0.15, 0.2) is 30.5 Å². The van der Waals surface area contributed by atoms with Gasteiger partial charge in [0.1, 0.15) is 22.5 Å². The van der Waals surface area contributed by atoms with Crippen LogP contribution in [0.5, 0.6) is 0 Å². The number of H-pyrrole nitrogens is 1. The highest BCUT2D eigenvalue weighted by Crippen LogP contribution is 2.38. The molecule has 0 bridgehead atoms. The van der Waals surface area contributed by atoms with E-state index in [1.54, 1.807) is 18.3 Å². The van der Waals surface area contributed by atoms with E-state index in [9.17, 15) is 13.6 Å². The number of nitrogens with zero attached hydrogens (tertiary/aromatic N) is 2. The van der Waals surface area contributed by atoms with Crippen LogP contribution in [0.1, 0.15) is 54.6 Å². The average Bonchev–Trinajstić information content (AvgIpc) is 3.53. The lowest BCUT2D eigenvalue weighted by Crippen LogP contribution is -2.32. The van der Waals surface area contributed by atoms with Crippen molar-refractivity contribution in [3.8, 4) is 11.4 Å². The van der Waals surface area contributed by atoms with E-state index in [0.29, 0.717) is 36.2 Å². The van der Waals surface area contributed by atoms with Crippen LogP contribution >= 0.6 is 11.6 Å². The summed E-state index contributed by atoms with van der Waals surface area (Å²) < 4.78 is 26.7. The highest BCUT2D eigenvalue weighted by Gasteiger charge is 2.35. The van der Waals surface area contributed by atoms with Gasteiger partial charge in [0.25, 0.3) is 0 Å². The molecule has 9 heteroatoms. The molecule has 2 saturated carbocycles. The minimum Gasteiger partial charge on any atom is -0.382 e. The molecule has 2 fully saturated rings. The molecule has 1 aromatic rings. The van der Waals surface area contributed by atoms with Crippen molar-refractivity contribution in [1.82, 2.24) is 15.0 Å². The molecular formula is C22H22ClF2N5O. The Morgan fingerprint density at radius 2 is 1.84 bits per heavy atom. The number of fused-ring (bicyclic) bond motifs is 1. The van der Waals surface area contributed by atoms with Gasteiger partial charge in [-0.25, -0.2) is 18.7 Å². The topological polar surface area (TPSA) is 82.7 Å². The Balaban J connectivity index is 1.36. The molecule has 0 radical (unpaired) electrons. The fraction of sp³-hybridized carbons (Fsp3) is 0.409. The van der Waals surface area contributed by atoms with Gasteiger partial charge >= 0.3 is 0 Å². The third-order valence-electron chi connectivity index (χ3n) is 5.88. The summed E-state index contributed by atoms with van der Waals surface area (Å²) in [5.41, 5.74) is 2.33. The Kier molecular flexibility index (Phi) is 5.04. The fourth-order valence-electron chi connectivity index (χ4n) is 3.95. The van der Waals surface area contributed by atoms with E-state index in [0.717, 1.165) is 24.1 Å². The molecule has 31 heavy (non-hydrogen) atoms. The van der Waals surface area contributed by atoms with Crippen molar-refractivity contribution in [3.63, 3.8) is 0 Å². The maximum atomic E-state index is 13.3. The molecular weight excluding hydrogens is 424 g/mol. The predicted octanol–water partition coefficient (Wildman–Crippen LogP) is 5.36. The summed E-state index contributed by atoms with van der Waals surface area (Å²) >= 11 is 6.34. The number of ketones is 1. The van der Waals surface area contributed by atoms with E-state index in [-0.39, 0.29) is 35.4 Å². The highest BCUT2D eigenvalue weighted by atomic mass is 35.5. The normalized spacial score (nSPS) is 18.8. The van der Waals surface area contributed by atoms with Crippen LogP contribution in [0.2, 0.25) is 5.15 Å². The molecule has 4 aliphatic rings. The molecule has 0 atom stereocenters. The molecule has 3 heterocycles. The monoisotopic (exact) mass is 445 g/mol. The zero-order chi connectivity index (χ0) is 21.6. The first kappa shape index (κ1) is 20.2. The molecule has 3 N–H and O–H groups in total. The number of pyridine rings is 1. The van der Waals surface area contributed by atoms with Crippen LogP contribution in [0.3, 0.4) is 0 Å². The third kappa shape index (κ3) is 4.21. The largest absolute Gasteiger partial charge is 0.382 e. The summed E-state index contributed by atoms with van der Waals surface area (Å²) in [7, 11) is 0. The van der Waals surface area contributed by atoms with Gasteiger partial charge in [0.05, 0.1) is 11.1 Å². The Morgan fingerprint density at radius 3 is 2.55 bits per heavy atom. The quantitative estimate of drug-likeness (QED) is 0.351. The van der Waals surface area contributed by atoms with E-state index < -0.39 is 5.92 Å². The van der Waals surface area contributed by atoms with Gasteiger partial charge in [0.2, 0.25) is 11.7 Å². The van der Waals surface area contributed by atoms with Crippen LogP contribution in [0, 0.1) is 0 Å². The number of carbonyl (C=O) groups is 1. The first-order valence-electron chi connectivity index (χ1n) is 10.5. The molecule has 6 nitrogen and oxygen atoms in total. The second-order valence-corrected chi connectivity index (χ2v) is 8.69. The second kappa shape index (κ2) is 7.75. The van der Waals surface area contributed by atoms with E-state index >= 15 is 0 Å². The van der Waals surface area contributed by atoms with Gasteiger partial charge in [0, 0.05) is 36.8 Å². The van der Waals surface area contributed by atoms with Crippen molar-refractivity contribution in [2.75, 3.05) is 10.6 Å². The number of aromatic amines is 1. The van der Waals surface area contributed by atoms with Crippen molar-refractivity contribution in [2.24, 2.45) is 0 Å². The molecule has 0 unspecified atom stereocenters. The molecule has 2 aliphatic carbocycles. The lowest BCUT2D eigenvalue weighted by atomic mass is 9.92. The van der Waals surface area contributed by atoms with Gasteiger partial charge in [-0.1, -0.05) is 11.6 Å². The van der Waals surface area contributed by atoms with Gasteiger partial charge in [-0.05, 0) is 49.9 Å². The Labute approximate surface area is 183 Å². The summed E-state index contributed by atoms with van der Waals surface area (Å²) in [5, 5.41) is 6.67. The van der Waals surface area contributed by atoms with Gasteiger partial charge in [0.15, 0.2) is 0 Å². The van der Waals surface area contributed by atoms with Crippen molar-refractivity contribution in [1.29, 1.82) is 0 Å². The fourth-order valence-corrected chi connectivity index (χ4v) is 4.19. The molecule has 162 valence electrons. The van der Waals surface area contributed by atoms with Gasteiger partial charge in [-0.15, -0.1) is 0 Å². The third-order valence-corrected chi connectivity index (χ3v) is 6.17. The molecule has 2 aliphatic heterocycles. The van der Waals surface area contributed by atoms with Crippen molar-refractivity contribution in [3.05, 3.63) is 46.9 Å². The first-order valence-corrected chi connectivity index (χ1v) is 10.9. The zero-order valence-corrected chi connectivity index (χ0v) is 17.5. The minimum atomic E-state index is -2.58. The molecule has 0 aromatic carbocycles. The lowest BCUT2D eigenvalue weighted by Gasteiger charge is -2.29. The first-order chi connectivity index (χ1) is 14.9. The Morgan fingerprint density at radius 1 is 1.10 bits per heavy atom. The minimum absolute atomic E-state index is 0.0730. The number of alkyl halides is 2. The van der Waals surface area contributed by atoms with Gasteiger partial charge in [-0.2, -0.15) is 0 Å². The van der Waals surface area contributed by atoms with Crippen LogP contribution in [0.4, 0.5) is 20.3 Å². The summed E-state index contributed by atoms with van der Waals surface area (Å²) in [6, 6.07) is 7.38. The SMILES string of the molecule is O=C(c1ccc(NC2CCC(F)(F)CC2)nc1Cl)c1[nH]c2ncccc(NC3CC3)c1-2. The van der Waals surface area contributed by atoms with E-state index in [4.69, 9.17) is 11.6 Å². The zero-order valence-electron chi connectivity index (χ0n) is 16.7. The van der Waals surface area contributed by atoms with Crippen LogP contribution in [-0.2, 0) is 0 Å². The summed E-state index contributed by atoms with van der Waals surface area (Å²) in [6.07, 6.45) is 4.36. The molecule has 1 aromatic heterocycles. The van der Waals surface area contributed by atoms with Crippen molar-refractivity contribution in [2.45, 2.75) is 56.5 Å². The number of aromatic nitrogens is 3. The number of anilines is 2. The predicted molar refractivity (Wildman–Crippen MR) is 115 cm³/mol. The molecule has 0 amide bonds. The van der Waals surface area contributed by atoms with E-state index in [2.05, 4.69) is 25.6 Å². The summed E-state index contributed by atoms with van der Waals surface area (Å²) in [6.45, 7) is 0. The number of halogens is 3. The molecule has 0 saturated heterocycles. The summed E-state index contributed by atoms with van der Waals surface area (Å²) in [4.78, 5) is 24.8. The highest BCUT2D eigenvalue weighted by molar-refractivity contribution is 6.34. The second-order valence-electron chi connectivity index (χ2n) is 8.33. The average molecular weight is 446 g/mol. The van der Waals surface area contributed by atoms with Gasteiger partial charge < -0.3 is 15.6 Å². The smallest absolute Gasteiger partial charge is 0.248 e. The number of nitrogens with one attached hydrogen (secondary N) is 3. The number of hydrogen-bond donors (Lipinski definition) is 3. The Hall–Kier alpha value is -2.74. The number of hydrogen-bond acceptors (Lipinski definition) is 5. The molecule has 5 rings (SSSR count). The van der Waals surface area contributed by atoms with Crippen molar-refractivity contribution >= 4 is 28.9 Å². The maximum Gasteiger partial charge on any atom is 0.248 e. The Bertz CT molecular complexity index is 1090.